The largest absolute Gasteiger partial charge is 0.503 e. The lowest BCUT2D eigenvalue weighted by molar-refractivity contribution is -0.116. The van der Waals surface area contributed by atoms with Gasteiger partial charge in [0.2, 0.25) is 0 Å². The van der Waals surface area contributed by atoms with Crippen LogP contribution in [0.5, 0.6) is 11.5 Å². The van der Waals surface area contributed by atoms with Gasteiger partial charge in [-0.2, -0.15) is 5.26 Å². The number of carbonyl (C=O) groups is 1. The van der Waals surface area contributed by atoms with Crippen molar-refractivity contribution in [2.45, 2.75) is 6.92 Å². The van der Waals surface area contributed by atoms with E-state index in [0.717, 1.165) is 0 Å². The van der Waals surface area contributed by atoms with Crippen LogP contribution in [0.1, 0.15) is 12.5 Å². The van der Waals surface area contributed by atoms with E-state index in [1.165, 1.54) is 24.3 Å². The highest BCUT2D eigenvalue weighted by Crippen LogP contribution is 2.35. The summed E-state index contributed by atoms with van der Waals surface area (Å²) >= 11 is 5.89. The van der Waals surface area contributed by atoms with Gasteiger partial charge in [-0.15, -0.1) is 6.58 Å². The fourth-order valence-electron chi connectivity index (χ4n) is 1.52. The third-order valence-corrected chi connectivity index (χ3v) is 2.72. The Morgan fingerprint density at radius 3 is 2.90 bits per heavy atom. The monoisotopic (exact) mass is 306 g/mol. The Bertz CT molecular complexity index is 618. The van der Waals surface area contributed by atoms with Gasteiger partial charge in [-0.25, -0.2) is 0 Å². The number of halogens is 1. The van der Waals surface area contributed by atoms with Crippen LogP contribution in [0.2, 0.25) is 5.02 Å². The molecule has 2 N–H and O–H groups in total. The smallest absolute Gasteiger partial charge is 0.262 e. The van der Waals surface area contributed by atoms with E-state index < -0.39 is 5.91 Å². The van der Waals surface area contributed by atoms with Gasteiger partial charge >= 0.3 is 0 Å². The lowest BCUT2D eigenvalue weighted by Crippen LogP contribution is -2.24. The van der Waals surface area contributed by atoms with Crippen LogP contribution >= 0.6 is 11.6 Å². The van der Waals surface area contributed by atoms with Gasteiger partial charge in [0.25, 0.3) is 5.91 Å². The maximum Gasteiger partial charge on any atom is 0.262 e. The van der Waals surface area contributed by atoms with Crippen molar-refractivity contribution in [3.05, 3.63) is 40.9 Å². The average molecular weight is 307 g/mol. The van der Waals surface area contributed by atoms with Crippen molar-refractivity contribution in [2.24, 2.45) is 0 Å². The SMILES string of the molecule is C=CCNC(=O)/C(C#N)=C/c1cc(Cl)c(O)c(OCC)c1. The van der Waals surface area contributed by atoms with Gasteiger partial charge in [-0.3, -0.25) is 4.79 Å². The quantitative estimate of drug-likeness (QED) is 0.481. The number of carbonyl (C=O) groups excluding carboxylic acids is 1. The molecule has 0 heterocycles. The first-order chi connectivity index (χ1) is 10.0. The zero-order valence-corrected chi connectivity index (χ0v) is 12.3. The summed E-state index contributed by atoms with van der Waals surface area (Å²) in [5.74, 6) is -0.495. The van der Waals surface area contributed by atoms with Gasteiger partial charge in [0, 0.05) is 6.54 Å². The van der Waals surface area contributed by atoms with Crippen LogP contribution in [0.3, 0.4) is 0 Å². The second-order valence-corrected chi connectivity index (χ2v) is 4.36. The lowest BCUT2D eigenvalue weighted by Gasteiger charge is -2.08. The zero-order valence-electron chi connectivity index (χ0n) is 11.5. The molecule has 1 aromatic carbocycles. The van der Waals surface area contributed by atoms with E-state index in [1.807, 2.05) is 6.07 Å². The Morgan fingerprint density at radius 2 is 2.33 bits per heavy atom. The Labute approximate surface area is 128 Å². The molecule has 0 unspecified atom stereocenters. The summed E-state index contributed by atoms with van der Waals surface area (Å²) in [6, 6.07) is 4.76. The molecule has 0 spiro atoms. The number of phenolic OH excluding ortho intramolecular Hbond substituents is 1. The van der Waals surface area contributed by atoms with Gasteiger partial charge in [0.1, 0.15) is 11.6 Å². The number of amides is 1. The van der Waals surface area contributed by atoms with Gasteiger partial charge in [0.05, 0.1) is 11.6 Å². The molecule has 6 heteroatoms. The van der Waals surface area contributed by atoms with Crippen LogP contribution in [0.15, 0.2) is 30.4 Å². The fourth-order valence-corrected chi connectivity index (χ4v) is 1.74. The van der Waals surface area contributed by atoms with Crippen LogP contribution < -0.4 is 10.1 Å². The molecule has 0 bridgehead atoms. The second kappa shape index (κ2) is 7.98. The third-order valence-electron chi connectivity index (χ3n) is 2.43. The predicted octanol–water partition coefficient (Wildman–Crippen LogP) is 2.65. The second-order valence-electron chi connectivity index (χ2n) is 3.95. The van der Waals surface area contributed by atoms with Crippen molar-refractivity contribution in [3.63, 3.8) is 0 Å². The molecule has 5 nitrogen and oxygen atoms in total. The standard InChI is InChI=1S/C15H15ClN2O3/c1-3-5-18-15(20)11(9-17)6-10-7-12(16)14(19)13(8-10)21-4-2/h3,6-8,19H,1,4-5H2,2H3,(H,18,20)/b11-6+. The zero-order chi connectivity index (χ0) is 15.8. The molecule has 0 saturated carbocycles. The van der Waals surface area contributed by atoms with Crippen molar-refractivity contribution >= 4 is 23.6 Å². The van der Waals surface area contributed by atoms with Crippen molar-refractivity contribution in [1.29, 1.82) is 5.26 Å². The summed E-state index contributed by atoms with van der Waals surface area (Å²) in [4.78, 5) is 11.7. The van der Waals surface area contributed by atoms with Crippen LogP contribution in [-0.2, 0) is 4.79 Å². The predicted molar refractivity (Wildman–Crippen MR) is 81.1 cm³/mol. The van der Waals surface area contributed by atoms with Crippen molar-refractivity contribution in [1.82, 2.24) is 5.32 Å². The molecule has 0 fully saturated rings. The van der Waals surface area contributed by atoms with E-state index in [0.29, 0.717) is 12.2 Å². The molecule has 0 radical (unpaired) electrons. The Hall–Kier alpha value is -2.45. The first-order valence-corrected chi connectivity index (χ1v) is 6.57. The van der Waals surface area contributed by atoms with Gasteiger partial charge in [-0.1, -0.05) is 17.7 Å². The van der Waals surface area contributed by atoms with Crippen molar-refractivity contribution in [2.75, 3.05) is 13.2 Å². The number of hydrogen-bond acceptors (Lipinski definition) is 4. The van der Waals surface area contributed by atoms with Gasteiger partial charge < -0.3 is 15.2 Å². The van der Waals surface area contributed by atoms with Crippen molar-refractivity contribution < 1.29 is 14.6 Å². The highest BCUT2D eigenvalue weighted by atomic mass is 35.5. The molecular weight excluding hydrogens is 292 g/mol. The number of phenols is 1. The summed E-state index contributed by atoms with van der Waals surface area (Å²) in [6.07, 6.45) is 2.88. The molecule has 0 atom stereocenters. The van der Waals surface area contributed by atoms with Gasteiger partial charge in [-0.05, 0) is 30.7 Å². The van der Waals surface area contributed by atoms with E-state index >= 15 is 0 Å². The number of nitrogens with one attached hydrogen (secondary N) is 1. The highest BCUT2D eigenvalue weighted by molar-refractivity contribution is 6.32. The Morgan fingerprint density at radius 1 is 1.62 bits per heavy atom. The summed E-state index contributed by atoms with van der Waals surface area (Å²) in [7, 11) is 0. The van der Waals surface area contributed by atoms with E-state index in [9.17, 15) is 9.90 Å². The molecule has 0 saturated heterocycles. The molecule has 0 aliphatic rings. The molecule has 0 aliphatic heterocycles. The maximum atomic E-state index is 11.7. The minimum Gasteiger partial charge on any atom is -0.503 e. The Kier molecular flexibility index (Phi) is 6.31. The fraction of sp³-hybridized carbons (Fsp3) is 0.200. The van der Waals surface area contributed by atoms with E-state index in [4.69, 9.17) is 21.6 Å². The first kappa shape index (κ1) is 16.6. The van der Waals surface area contributed by atoms with Crippen LogP contribution in [0, 0.1) is 11.3 Å². The lowest BCUT2D eigenvalue weighted by atomic mass is 10.1. The molecule has 1 rings (SSSR count). The van der Waals surface area contributed by atoms with Crippen molar-refractivity contribution in [3.8, 4) is 17.6 Å². The number of aromatic hydroxyl groups is 1. The highest BCUT2D eigenvalue weighted by Gasteiger charge is 2.12. The molecule has 21 heavy (non-hydrogen) atoms. The van der Waals surface area contributed by atoms with E-state index in [1.54, 1.807) is 6.92 Å². The molecule has 0 aromatic heterocycles. The van der Waals surface area contributed by atoms with E-state index in [-0.39, 0.29) is 28.6 Å². The normalized spacial score (nSPS) is 10.6. The molecular formula is C15H15ClN2O3. The number of hydrogen-bond donors (Lipinski definition) is 2. The molecule has 110 valence electrons. The summed E-state index contributed by atoms with van der Waals surface area (Å²) < 4.78 is 5.24. The van der Waals surface area contributed by atoms with Crippen LogP contribution in [0.4, 0.5) is 0 Å². The van der Waals surface area contributed by atoms with Crippen LogP contribution in [-0.4, -0.2) is 24.2 Å². The topological polar surface area (TPSA) is 82.4 Å². The number of benzene rings is 1. The third kappa shape index (κ3) is 4.55. The van der Waals surface area contributed by atoms with Crippen LogP contribution in [0.25, 0.3) is 6.08 Å². The minimum atomic E-state index is -0.514. The summed E-state index contributed by atoms with van der Waals surface area (Å²) in [5.41, 5.74) is 0.396. The number of rotatable bonds is 6. The number of nitrogens with zero attached hydrogens (tertiary/aromatic N) is 1. The summed E-state index contributed by atoms with van der Waals surface area (Å²) in [6.45, 7) is 5.85. The number of nitriles is 1. The Balaban J connectivity index is 3.14. The average Bonchev–Trinajstić information content (AvgIpc) is 2.47. The van der Waals surface area contributed by atoms with Gasteiger partial charge in [0.15, 0.2) is 11.5 Å². The number of ether oxygens (including phenoxy) is 1. The molecule has 0 aliphatic carbocycles. The molecule has 1 aromatic rings. The first-order valence-electron chi connectivity index (χ1n) is 6.19. The minimum absolute atomic E-state index is 0.0796. The molecule has 1 amide bonds. The summed E-state index contributed by atoms with van der Waals surface area (Å²) in [5, 5.41) is 21.4. The van der Waals surface area contributed by atoms with E-state index in [2.05, 4.69) is 11.9 Å². The maximum absolute atomic E-state index is 11.7.